The molecule has 1 aromatic heterocycles. The van der Waals surface area contributed by atoms with Crippen LogP contribution < -0.4 is 9.47 Å². The van der Waals surface area contributed by atoms with Gasteiger partial charge in [0.2, 0.25) is 5.88 Å². The molecule has 5 nitrogen and oxygen atoms in total. The largest absolute Gasteiger partial charge is 0.479 e. The molecule has 0 spiro atoms. The van der Waals surface area contributed by atoms with Gasteiger partial charge in [-0.3, -0.25) is 0 Å². The number of hydrogen-bond acceptors (Lipinski definition) is 5. The number of hydrogen-bond donors (Lipinski definition) is 0. The van der Waals surface area contributed by atoms with E-state index in [2.05, 4.69) is 24.6 Å². The second-order valence-electron chi connectivity index (χ2n) is 6.94. The molecular formula is C18H21Cl2NO4Si. The summed E-state index contributed by atoms with van der Waals surface area (Å²) in [4.78, 5) is 16.0. The van der Waals surface area contributed by atoms with Crippen LogP contribution in [0.15, 0.2) is 36.5 Å². The number of esters is 1. The SMILES string of the molecule is CC(Oc1ccc(Oc2ncc(Cl)cc2Cl)cc1)C(=O)OC[Si](C)(C)C. The third-order valence-corrected chi connectivity index (χ3v) is 4.59. The van der Waals surface area contributed by atoms with Gasteiger partial charge in [-0.15, -0.1) is 0 Å². The number of carbonyl (C=O) groups excluding carboxylic acids is 1. The molecule has 0 amide bonds. The Hall–Kier alpha value is -1.76. The predicted octanol–water partition coefficient (Wildman–Crippen LogP) is 5.37. The molecule has 1 heterocycles. The van der Waals surface area contributed by atoms with E-state index in [1.54, 1.807) is 37.3 Å². The second kappa shape index (κ2) is 8.75. The van der Waals surface area contributed by atoms with Crippen LogP contribution in [-0.2, 0) is 9.53 Å². The summed E-state index contributed by atoms with van der Waals surface area (Å²) >= 11 is 11.8. The molecule has 0 bridgehead atoms. The van der Waals surface area contributed by atoms with Crippen molar-refractivity contribution in [3.8, 4) is 17.4 Å². The summed E-state index contributed by atoms with van der Waals surface area (Å²) in [5.41, 5.74) is 0. The number of halogens is 2. The molecule has 1 unspecified atom stereocenters. The van der Waals surface area contributed by atoms with E-state index in [0.29, 0.717) is 27.8 Å². The molecule has 0 radical (unpaired) electrons. The van der Waals surface area contributed by atoms with E-state index >= 15 is 0 Å². The lowest BCUT2D eigenvalue weighted by Gasteiger charge is -2.19. The first-order valence-electron chi connectivity index (χ1n) is 8.06. The topological polar surface area (TPSA) is 57.7 Å². The van der Waals surface area contributed by atoms with E-state index in [1.807, 2.05) is 0 Å². The summed E-state index contributed by atoms with van der Waals surface area (Å²) in [6, 6.07) is 8.34. The molecule has 0 saturated carbocycles. The van der Waals surface area contributed by atoms with Gasteiger partial charge in [-0.1, -0.05) is 42.8 Å². The fourth-order valence-electron chi connectivity index (χ4n) is 1.83. The monoisotopic (exact) mass is 413 g/mol. The molecule has 2 rings (SSSR count). The Morgan fingerprint density at radius 3 is 2.35 bits per heavy atom. The first-order chi connectivity index (χ1) is 12.1. The van der Waals surface area contributed by atoms with Crippen LogP contribution in [0.2, 0.25) is 29.7 Å². The van der Waals surface area contributed by atoms with Gasteiger partial charge in [-0.25, -0.2) is 9.78 Å². The lowest BCUT2D eigenvalue weighted by Crippen LogP contribution is -2.34. The molecular weight excluding hydrogens is 393 g/mol. The molecule has 1 aromatic carbocycles. The number of pyridine rings is 1. The van der Waals surface area contributed by atoms with Crippen molar-refractivity contribution < 1.29 is 19.0 Å². The molecule has 140 valence electrons. The third kappa shape index (κ3) is 6.51. The summed E-state index contributed by atoms with van der Waals surface area (Å²) in [5, 5.41) is 0.748. The standard InChI is InChI=1S/C18H21Cl2NO4Si/c1-12(18(22)23-11-26(2,3)4)24-14-5-7-15(8-6-14)25-17-16(20)9-13(19)10-21-17/h5-10,12H,11H2,1-4H3. The maximum Gasteiger partial charge on any atom is 0.346 e. The summed E-state index contributed by atoms with van der Waals surface area (Å²) in [5.74, 6) is 0.950. The number of ether oxygens (including phenoxy) is 3. The van der Waals surface area contributed by atoms with Crippen LogP contribution in [0.5, 0.6) is 17.4 Å². The minimum Gasteiger partial charge on any atom is -0.479 e. The molecule has 0 fully saturated rings. The van der Waals surface area contributed by atoms with E-state index in [9.17, 15) is 4.79 Å². The summed E-state index contributed by atoms with van der Waals surface area (Å²) in [6.07, 6.45) is 1.24. The molecule has 2 aromatic rings. The lowest BCUT2D eigenvalue weighted by atomic mass is 10.3. The Kier molecular flexibility index (Phi) is 6.92. The van der Waals surface area contributed by atoms with Crippen LogP contribution in [0.25, 0.3) is 0 Å². The van der Waals surface area contributed by atoms with Gasteiger partial charge in [0.15, 0.2) is 6.10 Å². The van der Waals surface area contributed by atoms with Gasteiger partial charge in [-0.05, 0) is 37.3 Å². The minimum atomic E-state index is -1.45. The van der Waals surface area contributed by atoms with E-state index < -0.39 is 14.2 Å². The van der Waals surface area contributed by atoms with Gasteiger partial charge < -0.3 is 14.2 Å². The van der Waals surface area contributed by atoms with Crippen molar-refractivity contribution in [3.63, 3.8) is 0 Å². The molecule has 0 aliphatic rings. The lowest BCUT2D eigenvalue weighted by molar-refractivity contribution is -0.149. The first kappa shape index (κ1) is 20.5. The summed E-state index contributed by atoms with van der Waals surface area (Å²) in [6.45, 7) is 8.05. The number of aromatic nitrogens is 1. The molecule has 0 N–H and O–H groups in total. The highest BCUT2D eigenvalue weighted by Crippen LogP contribution is 2.30. The van der Waals surface area contributed by atoms with Crippen molar-refractivity contribution in [1.29, 1.82) is 0 Å². The third-order valence-electron chi connectivity index (χ3n) is 3.10. The van der Waals surface area contributed by atoms with Gasteiger partial charge in [0.05, 0.1) is 19.3 Å². The van der Waals surface area contributed by atoms with Crippen LogP contribution in [0, 0.1) is 0 Å². The average Bonchev–Trinajstić information content (AvgIpc) is 2.56. The Morgan fingerprint density at radius 1 is 1.15 bits per heavy atom. The van der Waals surface area contributed by atoms with E-state index in [0.717, 1.165) is 0 Å². The van der Waals surface area contributed by atoms with Gasteiger partial charge in [0.1, 0.15) is 16.5 Å². The summed E-state index contributed by atoms with van der Waals surface area (Å²) < 4.78 is 16.5. The second-order valence-corrected chi connectivity index (χ2v) is 13.2. The van der Waals surface area contributed by atoms with Crippen molar-refractivity contribution in [3.05, 3.63) is 46.6 Å². The summed E-state index contributed by atoms with van der Waals surface area (Å²) in [7, 11) is -1.45. The van der Waals surface area contributed by atoms with Crippen LogP contribution in [0.3, 0.4) is 0 Å². The van der Waals surface area contributed by atoms with E-state index in [1.165, 1.54) is 6.20 Å². The van der Waals surface area contributed by atoms with Crippen LogP contribution in [0.4, 0.5) is 0 Å². The van der Waals surface area contributed by atoms with Crippen molar-refractivity contribution in [2.24, 2.45) is 0 Å². The quantitative estimate of drug-likeness (QED) is 0.450. The van der Waals surface area contributed by atoms with Crippen LogP contribution >= 0.6 is 23.2 Å². The predicted molar refractivity (Wildman–Crippen MR) is 105 cm³/mol. The molecule has 0 aliphatic heterocycles. The van der Waals surface area contributed by atoms with E-state index in [-0.39, 0.29) is 11.8 Å². The number of carbonyl (C=O) groups is 1. The highest BCUT2D eigenvalue weighted by atomic mass is 35.5. The average molecular weight is 414 g/mol. The zero-order valence-electron chi connectivity index (χ0n) is 15.1. The van der Waals surface area contributed by atoms with Gasteiger partial charge in [0, 0.05) is 6.20 Å². The maximum absolute atomic E-state index is 12.0. The molecule has 8 heteroatoms. The number of nitrogens with zero attached hydrogens (tertiary/aromatic N) is 1. The normalized spacial score (nSPS) is 12.4. The highest BCUT2D eigenvalue weighted by molar-refractivity contribution is 6.76. The zero-order chi connectivity index (χ0) is 19.3. The Labute approximate surface area is 164 Å². The van der Waals surface area contributed by atoms with Crippen LogP contribution in [0.1, 0.15) is 6.92 Å². The molecule has 26 heavy (non-hydrogen) atoms. The minimum absolute atomic E-state index is 0.257. The van der Waals surface area contributed by atoms with Gasteiger partial charge in [0.25, 0.3) is 0 Å². The number of benzene rings is 1. The number of rotatable bonds is 7. The van der Waals surface area contributed by atoms with Crippen LogP contribution in [-0.4, -0.2) is 31.4 Å². The van der Waals surface area contributed by atoms with E-state index in [4.69, 9.17) is 37.4 Å². The van der Waals surface area contributed by atoms with Crippen molar-refractivity contribution in [2.45, 2.75) is 32.7 Å². The van der Waals surface area contributed by atoms with Crippen molar-refractivity contribution >= 4 is 37.2 Å². The van der Waals surface area contributed by atoms with Gasteiger partial charge in [-0.2, -0.15) is 0 Å². The Balaban J connectivity index is 1.93. The fourth-order valence-corrected chi connectivity index (χ4v) is 2.83. The Bertz CT molecular complexity index is 763. The molecule has 0 aliphatic carbocycles. The fraction of sp³-hybridized carbons (Fsp3) is 0.333. The van der Waals surface area contributed by atoms with Crippen molar-refractivity contribution in [1.82, 2.24) is 4.98 Å². The first-order valence-corrected chi connectivity index (χ1v) is 12.5. The molecule has 0 saturated heterocycles. The molecule has 1 atom stereocenters. The van der Waals surface area contributed by atoms with Crippen molar-refractivity contribution in [2.75, 3.05) is 6.23 Å². The highest BCUT2D eigenvalue weighted by Gasteiger charge is 2.21. The smallest absolute Gasteiger partial charge is 0.346 e. The zero-order valence-corrected chi connectivity index (χ0v) is 17.6. The maximum atomic E-state index is 12.0. The Morgan fingerprint density at radius 2 is 1.77 bits per heavy atom. The van der Waals surface area contributed by atoms with Gasteiger partial charge >= 0.3 is 5.97 Å².